The molecule has 0 aromatic rings. The van der Waals surface area contributed by atoms with Gasteiger partial charge in [0.2, 0.25) is 0 Å². The monoisotopic (exact) mass is 183 g/mol. The van der Waals surface area contributed by atoms with E-state index in [0.717, 1.165) is 0 Å². The summed E-state index contributed by atoms with van der Waals surface area (Å²) in [5, 5.41) is 0. The first kappa shape index (κ1) is 8.54. The van der Waals surface area contributed by atoms with Gasteiger partial charge in [0.15, 0.2) is 5.85 Å². The maximum atomic E-state index is 11.5. The molecule has 1 saturated heterocycles. The predicted octanol–water partition coefficient (Wildman–Crippen LogP) is 1.72. The fraction of sp³-hybridized carbons (Fsp3) is 1.00. The van der Waals surface area contributed by atoms with E-state index in [1.165, 1.54) is 4.67 Å². The lowest BCUT2D eigenvalue weighted by Crippen LogP contribution is -2.08. The van der Waals surface area contributed by atoms with Crippen LogP contribution < -0.4 is 0 Å². The highest BCUT2D eigenvalue weighted by atomic mass is 35.7. The van der Waals surface area contributed by atoms with Crippen molar-refractivity contribution in [2.75, 3.05) is 14.1 Å². The fourth-order valence-electron chi connectivity index (χ4n) is 0.736. The quantitative estimate of drug-likeness (QED) is 0.483. The summed E-state index contributed by atoms with van der Waals surface area (Å²) in [6.07, 6.45) is 0.0609. The number of ether oxygens (including phenoxy) is 1. The molecule has 0 spiro atoms. The van der Waals surface area contributed by atoms with E-state index >= 15 is 0 Å². The molecule has 0 aliphatic carbocycles. The Balaban J connectivity index is 2.61. The van der Waals surface area contributed by atoms with Gasteiger partial charge in [-0.2, -0.15) is 0 Å². The van der Waals surface area contributed by atoms with Crippen LogP contribution in [0.1, 0.15) is 6.92 Å². The van der Waals surface area contributed by atoms with Gasteiger partial charge in [-0.05, 0) is 32.3 Å². The van der Waals surface area contributed by atoms with Gasteiger partial charge in [0, 0.05) is 0 Å². The molecule has 10 heavy (non-hydrogen) atoms. The Morgan fingerprint density at radius 1 is 1.60 bits per heavy atom. The number of epoxide rings is 1. The first-order valence-electron chi connectivity index (χ1n) is 3.09. The van der Waals surface area contributed by atoms with Crippen molar-refractivity contribution in [2.45, 2.75) is 18.9 Å². The third-order valence-electron chi connectivity index (χ3n) is 1.54. The van der Waals surface area contributed by atoms with E-state index in [4.69, 9.17) is 16.0 Å². The molecule has 1 rings (SSSR count). The molecule has 5 heteroatoms. The van der Waals surface area contributed by atoms with Gasteiger partial charge in [-0.3, -0.25) is 4.57 Å². The second-order valence-electron chi connectivity index (χ2n) is 2.62. The highest BCUT2D eigenvalue weighted by molar-refractivity contribution is 7.87. The first-order valence-corrected chi connectivity index (χ1v) is 5.72. The van der Waals surface area contributed by atoms with Crippen molar-refractivity contribution in [1.82, 2.24) is 4.67 Å². The van der Waals surface area contributed by atoms with Crippen LogP contribution >= 0.6 is 17.9 Å². The van der Waals surface area contributed by atoms with Crippen molar-refractivity contribution in [3.63, 3.8) is 0 Å². The summed E-state index contributed by atoms with van der Waals surface area (Å²) in [4.78, 5) is 0. The summed E-state index contributed by atoms with van der Waals surface area (Å²) in [5.74, 6) is -0.246. The maximum absolute atomic E-state index is 11.5. The Morgan fingerprint density at radius 2 is 2.00 bits per heavy atom. The van der Waals surface area contributed by atoms with E-state index in [1.54, 1.807) is 14.1 Å². The molecule has 1 heterocycles. The lowest BCUT2D eigenvalue weighted by molar-refractivity contribution is 0.399. The molecular weight excluding hydrogens is 172 g/mol. The molecule has 1 aliphatic rings. The number of halogens is 1. The van der Waals surface area contributed by atoms with Gasteiger partial charge < -0.3 is 4.74 Å². The molecule has 0 N–H and O–H groups in total. The normalized spacial score (nSPS) is 37.7. The summed E-state index contributed by atoms with van der Waals surface area (Å²) in [6.45, 7) is -0.834. The van der Waals surface area contributed by atoms with Crippen molar-refractivity contribution in [1.29, 1.82) is 0 Å². The van der Waals surface area contributed by atoms with Gasteiger partial charge >= 0.3 is 0 Å². The first-order chi connectivity index (χ1) is 4.46. The van der Waals surface area contributed by atoms with Gasteiger partial charge in [-0.25, -0.2) is 4.67 Å². The highest BCUT2D eigenvalue weighted by Crippen LogP contribution is 2.64. The van der Waals surface area contributed by atoms with Crippen LogP contribution in [0.3, 0.4) is 0 Å². The Labute approximate surface area is 65.5 Å². The number of nitrogens with zero attached hydrogens (tertiary/aromatic N) is 1. The van der Waals surface area contributed by atoms with Gasteiger partial charge in [-0.1, -0.05) is 0 Å². The molecule has 1 fully saturated rings. The Morgan fingerprint density at radius 3 is 2.10 bits per heavy atom. The van der Waals surface area contributed by atoms with E-state index < -0.39 is 6.65 Å². The molecule has 0 amide bonds. The summed E-state index contributed by atoms with van der Waals surface area (Å²) < 4.78 is 18.0. The Kier molecular flexibility index (Phi) is 2.12. The van der Waals surface area contributed by atoms with Crippen molar-refractivity contribution >= 4 is 17.9 Å². The van der Waals surface area contributed by atoms with E-state index in [9.17, 15) is 4.57 Å². The second kappa shape index (κ2) is 2.49. The smallest absolute Gasteiger partial charge is 0.264 e. The fourth-order valence-corrected chi connectivity index (χ4v) is 2.67. The van der Waals surface area contributed by atoms with E-state index in [0.29, 0.717) is 0 Å². The lowest BCUT2D eigenvalue weighted by atomic mass is 10.6. The zero-order valence-corrected chi connectivity index (χ0v) is 7.89. The van der Waals surface area contributed by atoms with Crippen LogP contribution in [0, 0.1) is 0 Å². The summed E-state index contributed by atoms with van der Waals surface area (Å²) >= 11 is 5.72. The van der Waals surface area contributed by atoms with Crippen LogP contribution in [0.15, 0.2) is 0 Å². The third kappa shape index (κ3) is 1.37. The van der Waals surface area contributed by atoms with Gasteiger partial charge in [0.1, 0.15) is 0 Å². The number of rotatable bonds is 2. The van der Waals surface area contributed by atoms with Crippen LogP contribution in [0.2, 0.25) is 0 Å². The average Bonchev–Trinajstić information content (AvgIpc) is 2.46. The molecule has 3 atom stereocenters. The number of hydrogen-bond donors (Lipinski definition) is 0. The van der Waals surface area contributed by atoms with E-state index in [2.05, 4.69) is 0 Å². The Hall–Kier alpha value is 0.440. The standard InChI is InChI=1S/C5H11ClNO2P/c1-4-5(9-4)10(6,8)7(2)3/h4-5H,1-3H3/t4?,5-,10?/m0/s1. The van der Waals surface area contributed by atoms with Crippen LogP contribution in [-0.4, -0.2) is 30.7 Å². The van der Waals surface area contributed by atoms with Gasteiger partial charge in [0.25, 0.3) is 6.65 Å². The van der Waals surface area contributed by atoms with Crippen molar-refractivity contribution in [3.05, 3.63) is 0 Å². The van der Waals surface area contributed by atoms with E-state index in [1.807, 2.05) is 6.92 Å². The molecule has 2 unspecified atom stereocenters. The van der Waals surface area contributed by atoms with Gasteiger partial charge in [-0.15, -0.1) is 0 Å². The summed E-state index contributed by atoms with van der Waals surface area (Å²) in [7, 11) is 3.39. The third-order valence-corrected chi connectivity index (χ3v) is 5.28. The zero-order chi connectivity index (χ0) is 7.94. The minimum Gasteiger partial charge on any atom is -0.359 e. The minimum atomic E-state index is -2.70. The van der Waals surface area contributed by atoms with Crippen LogP contribution in [-0.2, 0) is 9.30 Å². The highest BCUT2D eigenvalue weighted by Gasteiger charge is 2.50. The van der Waals surface area contributed by atoms with E-state index in [-0.39, 0.29) is 11.9 Å². The van der Waals surface area contributed by atoms with Crippen molar-refractivity contribution in [3.8, 4) is 0 Å². The van der Waals surface area contributed by atoms with Crippen molar-refractivity contribution in [2.24, 2.45) is 0 Å². The van der Waals surface area contributed by atoms with Crippen LogP contribution in [0.25, 0.3) is 0 Å². The average molecular weight is 184 g/mol. The number of hydrogen-bond acceptors (Lipinski definition) is 2. The van der Waals surface area contributed by atoms with Gasteiger partial charge in [0.05, 0.1) is 6.10 Å². The zero-order valence-electron chi connectivity index (χ0n) is 6.24. The molecule has 0 aromatic heterocycles. The molecule has 1 aliphatic heterocycles. The summed E-state index contributed by atoms with van der Waals surface area (Å²) in [5.41, 5.74) is 0. The molecule has 0 radical (unpaired) electrons. The molecule has 0 saturated carbocycles. The molecule has 0 bridgehead atoms. The van der Waals surface area contributed by atoms with Crippen LogP contribution in [0.4, 0.5) is 0 Å². The Bertz CT molecular complexity index is 184. The summed E-state index contributed by atoms with van der Waals surface area (Å²) in [6, 6.07) is 0. The minimum absolute atomic E-state index is 0.0609. The SMILES string of the molecule is CC1O[C@H]1P(=O)(Cl)N(C)C. The molecule has 3 nitrogen and oxygen atoms in total. The largest absolute Gasteiger partial charge is 0.359 e. The van der Waals surface area contributed by atoms with Crippen molar-refractivity contribution < 1.29 is 9.30 Å². The molecule has 60 valence electrons. The molecule has 0 aromatic carbocycles. The van der Waals surface area contributed by atoms with Crippen LogP contribution in [0.5, 0.6) is 0 Å². The second-order valence-corrected chi connectivity index (χ2v) is 6.48. The molecular formula is C5H11ClNO2P. The maximum Gasteiger partial charge on any atom is 0.264 e. The predicted molar refractivity (Wildman–Crippen MR) is 41.5 cm³/mol. The lowest BCUT2D eigenvalue weighted by Gasteiger charge is -2.14. The topological polar surface area (TPSA) is 32.8 Å².